The van der Waals surface area contributed by atoms with Gasteiger partial charge in [-0.15, -0.1) is 0 Å². The van der Waals surface area contributed by atoms with Gasteiger partial charge in [0.2, 0.25) is 0 Å². The number of nitrogen functional groups attached to an aromatic ring is 1. The van der Waals surface area contributed by atoms with Crippen molar-refractivity contribution in [3.63, 3.8) is 0 Å². The van der Waals surface area contributed by atoms with Crippen molar-refractivity contribution in [2.45, 2.75) is 19.5 Å². The molecular weight excluding hydrogens is 226 g/mol. The van der Waals surface area contributed by atoms with Crippen LogP contribution in [0.25, 0.3) is 11.0 Å². The van der Waals surface area contributed by atoms with Crippen molar-refractivity contribution in [2.24, 2.45) is 0 Å². The van der Waals surface area contributed by atoms with Gasteiger partial charge in [0.15, 0.2) is 0 Å². The van der Waals surface area contributed by atoms with Crippen molar-refractivity contribution in [1.82, 2.24) is 19.3 Å². The third kappa shape index (κ3) is 2.07. The molecule has 0 bridgehead atoms. The van der Waals surface area contributed by atoms with Crippen LogP contribution in [0.15, 0.2) is 43.0 Å². The smallest absolute Gasteiger partial charge is 0.0958 e. The molecule has 5 heteroatoms. The monoisotopic (exact) mass is 241 g/mol. The Balaban J connectivity index is 1.71. The van der Waals surface area contributed by atoms with Crippen LogP contribution >= 0.6 is 0 Å². The highest BCUT2D eigenvalue weighted by Crippen LogP contribution is 2.16. The molecule has 3 aromatic rings. The maximum absolute atomic E-state index is 5.74. The summed E-state index contributed by atoms with van der Waals surface area (Å²) in [5.74, 6) is 0. The van der Waals surface area contributed by atoms with Gasteiger partial charge in [-0.3, -0.25) is 4.68 Å². The molecule has 92 valence electrons. The zero-order valence-corrected chi connectivity index (χ0v) is 10.0. The molecule has 0 aliphatic heterocycles. The van der Waals surface area contributed by atoms with Crippen LogP contribution in [0.3, 0.4) is 0 Å². The fourth-order valence-corrected chi connectivity index (χ4v) is 2.09. The van der Waals surface area contributed by atoms with E-state index in [9.17, 15) is 0 Å². The Bertz CT molecular complexity index is 639. The molecule has 0 aliphatic carbocycles. The molecule has 0 fully saturated rings. The summed E-state index contributed by atoms with van der Waals surface area (Å²) in [6.07, 6.45) is 6.67. The number of imidazole rings is 1. The van der Waals surface area contributed by atoms with E-state index in [1.165, 1.54) is 0 Å². The van der Waals surface area contributed by atoms with Crippen LogP contribution < -0.4 is 5.73 Å². The van der Waals surface area contributed by atoms with E-state index in [0.717, 1.165) is 36.2 Å². The van der Waals surface area contributed by atoms with Gasteiger partial charge in [0.25, 0.3) is 0 Å². The van der Waals surface area contributed by atoms with E-state index in [2.05, 4.69) is 14.6 Å². The average Bonchev–Trinajstić information content (AvgIpc) is 2.99. The summed E-state index contributed by atoms with van der Waals surface area (Å²) in [7, 11) is 0. The number of rotatable bonds is 4. The summed E-state index contributed by atoms with van der Waals surface area (Å²) in [6.45, 7) is 1.85. The van der Waals surface area contributed by atoms with Crippen molar-refractivity contribution < 1.29 is 0 Å². The lowest BCUT2D eigenvalue weighted by Crippen LogP contribution is -2.03. The van der Waals surface area contributed by atoms with E-state index in [-0.39, 0.29) is 0 Å². The van der Waals surface area contributed by atoms with Crippen LogP contribution in [0.4, 0.5) is 5.69 Å². The highest BCUT2D eigenvalue weighted by Gasteiger charge is 2.02. The molecule has 3 rings (SSSR count). The molecule has 0 unspecified atom stereocenters. The van der Waals surface area contributed by atoms with E-state index in [1.54, 1.807) is 6.20 Å². The van der Waals surface area contributed by atoms with E-state index in [1.807, 2.05) is 41.5 Å². The Morgan fingerprint density at radius 3 is 3.00 bits per heavy atom. The molecule has 2 N–H and O–H groups in total. The summed E-state index contributed by atoms with van der Waals surface area (Å²) in [5, 5.41) is 4.18. The van der Waals surface area contributed by atoms with Gasteiger partial charge in [0.05, 0.1) is 17.4 Å². The number of nitrogens with two attached hydrogens (primary N) is 1. The lowest BCUT2D eigenvalue weighted by Gasteiger charge is -2.04. The second-order valence-corrected chi connectivity index (χ2v) is 4.31. The summed E-state index contributed by atoms with van der Waals surface area (Å²) < 4.78 is 4.09. The normalized spacial score (nSPS) is 11.1. The minimum absolute atomic E-state index is 0.754. The van der Waals surface area contributed by atoms with Gasteiger partial charge in [-0.05, 0) is 30.7 Å². The fraction of sp³-hybridized carbons (Fsp3) is 0.231. The Labute approximate surface area is 105 Å². The number of aryl methyl sites for hydroxylation is 2. The van der Waals surface area contributed by atoms with Gasteiger partial charge in [0.1, 0.15) is 0 Å². The molecule has 2 aromatic heterocycles. The lowest BCUT2D eigenvalue weighted by molar-refractivity contribution is 0.532. The SMILES string of the molecule is Nc1ccc2c(c1)ncn2CCCn1cccn1. The van der Waals surface area contributed by atoms with Crippen LogP contribution in [0.5, 0.6) is 0 Å². The molecular formula is C13H15N5. The van der Waals surface area contributed by atoms with Crippen molar-refractivity contribution >= 4 is 16.7 Å². The molecule has 0 amide bonds. The van der Waals surface area contributed by atoms with E-state index in [4.69, 9.17) is 5.73 Å². The summed E-state index contributed by atoms with van der Waals surface area (Å²) in [5.41, 5.74) is 8.57. The van der Waals surface area contributed by atoms with E-state index < -0.39 is 0 Å². The molecule has 0 radical (unpaired) electrons. The topological polar surface area (TPSA) is 61.7 Å². The highest BCUT2D eigenvalue weighted by molar-refractivity contribution is 5.78. The van der Waals surface area contributed by atoms with Gasteiger partial charge in [-0.25, -0.2) is 4.98 Å². The molecule has 1 aromatic carbocycles. The number of nitrogens with zero attached hydrogens (tertiary/aromatic N) is 4. The number of anilines is 1. The minimum Gasteiger partial charge on any atom is -0.399 e. The number of hydrogen-bond acceptors (Lipinski definition) is 3. The van der Waals surface area contributed by atoms with Gasteiger partial charge in [-0.2, -0.15) is 5.10 Å². The van der Waals surface area contributed by atoms with Crippen LogP contribution in [0, 0.1) is 0 Å². The van der Waals surface area contributed by atoms with Gasteiger partial charge in [0, 0.05) is 31.2 Å². The van der Waals surface area contributed by atoms with Crippen LogP contribution in [0.2, 0.25) is 0 Å². The molecule has 0 aliphatic rings. The predicted octanol–water partition coefficient (Wildman–Crippen LogP) is 1.91. The van der Waals surface area contributed by atoms with Gasteiger partial charge < -0.3 is 10.3 Å². The third-order valence-corrected chi connectivity index (χ3v) is 2.99. The Kier molecular flexibility index (Phi) is 2.72. The summed E-state index contributed by atoms with van der Waals surface area (Å²) >= 11 is 0. The third-order valence-electron chi connectivity index (χ3n) is 2.99. The summed E-state index contributed by atoms with van der Waals surface area (Å²) in [4.78, 5) is 4.36. The van der Waals surface area contributed by atoms with Crippen molar-refractivity contribution in [2.75, 3.05) is 5.73 Å². The number of aromatic nitrogens is 4. The number of hydrogen-bond donors (Lipinski definition) is 1. The molecule has 0 spiro atoms. The van der Waals surface area contributed by atoms with Crippen molar-refractivity contribution in [3.8, 4) is 0 Å². The lowest BCUT2D eigenvalue weighted by atomic mass is 10.3. The van der Waals surface area contributed by atoms with Gasteiger partial charge in [-0.1, -0.05) is 0 Å². The number of fused-ring (bicyclic) bond motifs is 1. The highest BCUT2D eigenvalue weighted by atomic mass is 15.3. The summed E-state index contributed by atoms with van der Waals surface area (Å²) in [6, 6.07) is 7.77. The predicted molar refractivity (Wildman–Crippen MR) is 71.0 cm³/mol. The average molecular weight is 241 g/mol. The van der Waals surface area contributed by atoms with Crippen molar-refractivity contribution in [1.29, 1.82) is 0 Å². The largest absolute Gasteiger partial charge is 0.399 e. The Morgan fingerprint density at radius 2 is 2.17 bits per heavy atom. The second kappa shape index (κ2) is 4.52. The van der Waals surface area contributed by atoms with Crippen LogP contribution in [0.1, 0.15) is 6.42 Å². The fourth-order valence-electron chi connectivity index (χ4n) is 2.09. The maximum atomic E-state index is 5.74. The standard InChI is InChI=1S/C13H15N5/c14-11-3-4-13-12(9-11)15-10-17(13)6-2-8-18-7-1-5-16-18/h1,3-5,7,9-10H,2,6,8,14H2. The first-order chi connectivity index (χ1) is 8.83. The Morgan fingerprint density at radius 1 is 1.22 bits per heavy atom. The molecule has 0 saturated heterocycles. The molecule has 2 heterocycles. The van der Waals surface area contributed by atoms with E-state index in [0.29, 0.717) is 0 Å². The molecule has 0 saturated carbocycles. The number of benzene rings is 1. The first-order valence-electron chi connectivity index (χ1n) is 6.01. The van der Waals surface area contributed by atoms with Crippen LogP contribution in [-0.4, -0.2) is 19.3 Å². The second-order valence-electron chi connectivity index (χ2n) is 4.31. The molecule has 5 nitrogen and oxygen atoms in total. The van der Waals surface area contributed by atoms with Crippen molar-refractivity contribution in [3.05, 3.63) is 43.0 Å². The van der Waals surface area contributed by atoms with Crippen LogP contribution in [-0.2, 0) is 13.1 Å². The van der Waals surface area contributed by atoms with Gasteiger partial charge >= 0.3 is 0 Å². The van der Waals surface area contributed by atoms with E-state index >= 15 is 0 Å². The minimum atomic E-state index is 0.754. The Hall–Kier alpha value is -2.30. The first-order valence-corrected chi connectivity index (χ1v) is 6.01. The zero-order chi connectivity index (χ0) is 12.4. The molecule has 0 atom stereocenters. The first kappa shape index (κ1) is 10.8. The quantitative estimate of drug-likeness (QED) is 0.710. The molecule has 18 heavy (non-hydrogen) atoms. The zero-order valence-electron chi connectivity index (χ0n) is 10.0. The maximum Gasteiger partial charge on any atom is 0.0958 e.